The SMILES string of the molecule is O=C(NCC[C@H](O)C(=O)O)NCC1CCCS1(=O)=O. The van der Waals surface area contributed by atoms with Crippen molar-refractivity contribution in [2.45, 2.75) is 30.6 Å². The predicted octanol–water partition coefficient (Wildman–Crippen LogP) is -1.30. The molecule has 4 N–H and O–H groups in total. The number of aliphatic carboxylic acids is 1. The van der Waals surface area contributed by atoms with Crippen molar-refractivity contribution in [3.05, 3.63) is 0 Å². The maximum atomic E-state index is 11.5. The normalized spacial score (nSPS) is 22.7. The molecule has 0 bridgehead atoms. The van der Waals surface area contributed by atoms with Gasteiger partial charge in [0.1, 0.15) is 0 Å². The van der Waals surface area contributed by atoms with Gasteiger partial charge in [-0.2, -0.15) is 0 Å². The fourth-order valence-corrected chi connectivity index (χ4v) is 3.57. The zero-order valence-corrected chi connectivity index (χ0v) is 11.1. The van der Waals surface area contributed by atoms with Gasteiger partial charge < -0.3 is 20.8 Å². The molecule has 0 aromatic carbocycles. The predicted molar refractivity (Wildman–Crippen MR) is 66.5 cm³/mol. The van der Waals surface area contributed by atoms with Crippen LogP contribution in [-0.4, -0.2) is 60.8 Å². The number of urea groups is 1. The fourth-order valence-electron chi connectivity index (χ4n) is 1.80. The smallest absolute Gasteiger partial charge is 0.332 e. The Balaban J connectivity index is 2.20. The molecule has 1 fully saturated rings. The quantitative estimate of drug-likeness (QED) is 0.481. The number of carbonyl (C=O) groups excluding carboxylic acids is 1. The number of carbonyl (C=O) groups is 2. The topological polar surface area (TPSA) is 133 Å². The van der Waals surface area contributed by atoms with Crippen LogP contribution in [0.25, 0.3) is 0 Å². The molecule has 1 rings (SSSR count). The summed E-state index contributed by atoms with van der Waals surface area (Å²) < 4.78 is 23.0. The third-order valence-corrected chi connectivity index (χ3v) is 5.22. The Bertz CT molecular complexity index is 435. The molecule has 9 heteroatoms. The summed E-state index contributed by atoms with van der Waals surface area (Å²) in [5, 5.41) is 21.6. The molecule has 0 aromatic heterocycles. The molecule has 1 saturated heterocycles. The number of hydrogen-bond acceptors (Lipinski definition) is 5. The standard InChI is InChI=1S/C10H18N2O6S/c13-8(9(14)15)3-4-11-10(16)12-6-7-2-1-5-19(7,17)18/h7-8,13H,1-6H2,(H,14,15)(H2,11,12,16)/t7?,8-/m0/s1. The molecule has 0 saturated carbocycles. The molecule has 0 spiro atoms. The minimum Gasteiger partial charge on any atom is -0.479 e. The number of nitrogens with one attached hydrogen (secondary N) is 2. The maximum absolute atomic E-state index is 11.5. The van der Waals surface area contributed by atoms with Gasteiger partial charge in [-0.25, -0.2) is 18.0 Å². The van der Waals surface area contributed by atoms with Crippen molar-refractivity contribution < 1.29 is 28.2 Å². The van der Waals surface area contributed by atoms with Crippen LogP contribution in [0.4, 0.5) is 4.79 Å². The molecule has 2 amide bonds. The summed E-state index contributed by atoms with van der Waals surface area (Å²) in [6.45, 7) is 0.0480. The van der Waals surface area contributed by atoms with Gasteiger partial charge in [-0.05, 0) is 12.8 Å². The highest BCUT2D eigenvalue weighted by atomic mass is 32.2. The van der Waals surface area contributed by atoms with Crippen LogP contribution in [0, 0.1) is 0 Å². The van der Waals surface area contributed by atoms with Gasteiger partial charge in [0.15, 0.2) is 15.9 Å². The lowest BCUT2D eigenvalue weighted by Crippen LogP contribution is -2.42. The molecule has 0 aliphatic carbocycles. The van der Waals surface area contributed by atoms with Crippen LogP contribution in [0.3, 0.4) is 0 Å². The molecular weight excluding hydrogens is 276 g/mol. The van der Waals surface area contributed by atoms with E-state index in [1.165, 1.54) is 0 Å². The summed E-state index contributed by atoms with van der Waals surface area (Å²) in [6, 6.07) is -0.570. The van der Waals surface area contributed by atoms with Crippen LogP contribution < -0.4 is 10.6 Å². The highest BCUT2D eigenvalue weighted by molar-refractivity contribution is 7.92. The summed E-state index contributed by atoms with van der Waals surface area (Å²) in [4.78, 5) is 21.6. The highest BCUT2D eigenvalue weighted by Gasteiger charge is 2.31. The fraction of sp³-hybridized carbons (Fsp3) is 0.800. The van der Waals surface area contributed by atoms with Crippen LogP contribution in [0.1, 0.15) is 19.3 Å². The monoisotopic (exact) mass is 294 g/mol. The van der Waals surface area contributed by atoms with E-state index in [9.17, 15) is 18.0 Å². The van der Waals surface area contributed by atoms with Crippen molar-refractivity contribution in [2.24, 2.45) is 0 Å². The van der Waals surface area contributed by atoms with Gasteiger partial charge in [0.05, 0.1) is 11.0 Å². The molecule has 2 atom stereocenters. The zero-order valence-electron chi connectivity index (χ0n) is 10.3. The van der Waals surface area contributed by atoms with Crippen molar-refractivity contribution in [1.29, 1.82) is 0 Å². The summed E-state index contributed by atoms with van der Waals surface area (Å²) in [5.74, 6) is -1.19. The first-order chi connectivity index (χ1) is 8.83. The van der Waals surface area contributed by atoms with Crippen LogP contribution in [0.5, 0.6) is 0 Å². The molecule has 0 aromatic rings. The van der Waals surface area contributed by atoms with Gasteiger partial charge in [0.25, 0.3) is 0 Å². The van der Waals surface area contributed by atoms with E-state index in [0.29, 0.717) is 12.8 Å². The summed E-state index contributed by atoms with van der Waals surface area (Å²) in [7, 11) is -3.09. The Morgan fingerprint density at radius 2 is 2.00 bits per heavy atom. The van der Waals surface area contributed by atoms with Gasteiger partial charge in [0.2, 0.25) is 0 Å². The Hall–Kier alpha value is -1.35. The second kappa shape index (κ2) is 6.71. The van der Waals surface area contributed by atoms with Crippen molar-refractivity contribution >= 4 is 21.8 Å². The molecule has 19 heavy (non-hydrogen) atoms. The van der Waals surface area contributed by atoms with E-state index >= 15 is 0 Å². The molecule has 8 nitrogen and oxygen atoms in total. The molecule has 110 valence electrons. The van der Waals surface area contributed by atoms with Crippen molar-refractivity contribution in [2.75, 3.05) is 18.8 Å². The molecule has 1 aliphatic heterocycles. The van der Waals surface area contributed by atoms with Gasteiger partial charge in [-0.15, -0.1) is 0 Å². The van der Waals surface area contributed by atoms with Crippen LogP contribution in [0.15, 0.2) is 0 Å². The number of carboxylic acid groups (broad SMARTS) is 1. The average Bonchev–Trinajstić information content (AvgIpc) is 2.65. The molecule has 1 unspecified atom stereocenters. The number of hydrogen-bond donors (Lipinski definition) is 4. The van der Waals surface area contributed by atoms with Gasteiger partial charge >= 0.3 is 12.0 Å². The van der Waals surface area contributed by atoms with E-state index in [-0.39, 0.29) is 25.3 Å². The molecule has 0 radical (unpaired) electrons. The average molecular weight is 294 g/mol. The van der Waals surface area contributed by atoms with Crippen molar-refractivity contribution in [3.8, 4) is 0 Å². The first-order valence-electron chi connectivity index (χ1n) is 5.97. The van der Waals surface area contributed by atoms with E-state index in [1.54, 1.807) is 0 Å². The molecule has 1 heterocycles. The number of carboxylic acids is 1. The van der Waals surface area contributed by atoms with Crippen LogP contribution in [0.2, 0.25) is 0 Å². The third-order valence-electron chi connectivity index (χ3n) is 2.94. The Kier molecular flexibility index (Phi) is 5.55. The molecular formula is C10H18N2O6S. The zero-order chi connectivity index (χ0) is 14.5. The van der Waals surface area contributed by atoms with Gasteiger partial charge in [-0.1, -0.05) is 0 Å². The van der Waals surface area contributed by atoms with E-state index in [1.807, 2.05) is 0 Å². The number of amides is 2. The first kappa shape index (κ1) is 15.7. The summed E-state index contributed by atoms with van der Waals surface area (Å²) in [5.41, 5.74) is 0. The number of aliphatic hydroxyl groups is 1. The van der Waals surface area contributed by atoms with E-state index in [2.05, 4.69) is 10.6 Å². The number of aliphatic hydroxyl groups excluding tert-OH is 1. The Labute approximate surface area is 111 Å². The second-order valence-corrected chi connectivity index (χ2v) is 6.81. The minimum absolute atomic E-state index is 0.00326. The lowest BCUT2D eigenvalue weighted by molar-refractivity contribution is -0.146. The third kappa shape index (κ3) is 5.03. The second-order valence-electron chi connectivity index (χ2n) is 4.41. The number of sulfone groups is 1. The van der Waals surface area contributed by atoms with Gasteiger partial charge in [-0.3, -0.25) is 0 Å². The van der Waals surface area contributed by atoms with Crippen molar-refractivity contribution in [1.82, 2.24) is 10.6 Å². The highest BCUT2D eigenvalue weighted by Crippen LogP contribution is 2.18. The van der Waals surface area contributed by atoms with E-state index in [4.69, 9.17) is 10.2 Å². The van der Waals surface area contributed by atoms with Gasteiger partial charge in [0, 0.05) is 19.5 Å². The number of rotatable bonds is 6. The Morgan fingerprint density at radius 3 is 2.53 bits per heavy atom. The summed E-state index contributed by atoms with van der Waals surface area (Å²) in [6.07, 6.45) is -0.471. The lowest BCUT2D eigenvalue weighted by atomic mass is 10.2. The largest absolute Gasteiger partial charge is 0.479 e. The van der Waals surface area contributed by atoms with E-state index < -0.39 is 33.2 Å². The van der Waals surface area contributed by atoms with Crippen LogP contribution >= 0.6 is 0 Å². The Morgan fingerprint density at radius 1 is 1.32 bits per heavy atom. The first-order valence-corrected chi connectivity index (χ1v) is 7.68. The van der Waals surface area contributed by atoms with Crippen molar-refractivity contribution in [3.63, 3.8) is 0 Å². The molecule has 1 aliphatic rings. The minimum atomic E-state index is -3.09. The lowest BCUT2D eigenvalue weighted by Gasteiger charge is -2.12. The van der Waals surface area contributed by atoms with Crippen LogP contribution in [-0.2, 0) is 14.6 Å². The van der Waals surface area contributed by atoms with E-state index in [0.717, 1.165) is 0 Å². The maximum Gasteiger partial charge on any atom is 0.332 e. The summed E-state index contributed by atoms with van der Waals surface area (Å²) >= 11 is 0.